The van der Waals surface area contributed by atoms with E-state index in [0.717, 1.165) is 32.1 Å². The number of alkyl halides is 3. The van der Waals surface area contributed by atoms with Gasteiger partial charge in [0.1, 0.15) is 11.7 Å². The number of rotatable bonds is 9. The SMILES string of the molecule is C=CC1(OC(=O)N2CCC(OC(=O)CCCOC(C)(C(=O)O)C(F)(F)F)CC2)CCCCC1. The van der Waals surface area contributed by atoms with Gasteiger partial charge in [0, 0.05) is 39.0 Å². The molecule has 2 fully saturated rings. The highest BCUT2D eigenvalue weighted by Crippen LogP contribution is 2.34. The van der Waals surface area contributed by atoms with Crippen molar-refractivity contribution in [1.29, 1.82) is 0 Å². The molecule has 1 N–H and O–H groups in total. The molecule has 0 aromatic heterocycles. The lowest BCUT2D eigenvalue weighted by molar-refractivity contribution is -0.269. The second kappa shape index (κ2) is 11.2. The molecule has 0 aromatic carbocycles. The van der Waals surface area contributed by atoms with Crippen LogP contribution in [0.3, 0.4) is 0 Å². The van der Waals surface area contributed by atoms with E-state index < -0.39 is 48.1 Å². The first-order chi connectivity index (χ1) is 15.4. The Bertz CT molecular complexity index is 713. The predicted octanol–water partition coefficient (Wildman–Crippen LogP) is 4.22. The van der Waals surface area contributed by atoms with Gasteiger partial charge < -0.3 is 24.2 Å². The summed E-state index contributed by atoms with van der Waals surface area (Å²) in [5.41, 5.74) is -3.95. The Morgan fingerprint density at radius 1 is 1.15 bits per heavy atom. The smallest absolute Gasteiger partial charge is 0.428 e. The van der Waals surface area contributed by atoms with Gasteiger partial charge in [0.25, 0.3) is 5.60 Å². The first-order valence-electron chi connectivity index (χ1n) is 11.2. The monoisotopic (exact) mass is 479 g/mol. The molecule has 8 nitrogen and oxygen atoms in total. The Morgan fingerprint density at radius 2 is 1.76 bits per heavy atom. The van der Waals surface area contributed by atoms with Gasteiger partial charge in [0.2, 0.25) is 0 Å². The fraction of sp³-hybridized carbons (Fsp3) is 0.773. The van der Waals surface area contributed by atoms with E-state index in [2.05, 4.69) is 11.3 Å². The van der Waals surface area contributed by atoms with Gasteiger partial charge in [-0.2, -0.15) is 13.2 Å². The molecule has 1 aliphatic carbocycles. The Balaban J connectivity index is 1.70. The number of aliphatic carboxylic acids is 1. The molecule has 1 unspecified atom stereocenters. The van der Waals surface area contributed by atoms with Crippen molar-refractivity contribution in [3.63, 3.8) is 0 Å². The number of esters is 1. The minimum absolute atomic E-state index is 0.118. The van der Waals surface area contributed by atoms with Crippen LogP contribution in [-0.4, -0.2) is 71.2 Å². The van der Waals surface area contributed by atoms with Crippen LogP contribution in [0.1, 0.15) is 64.7 Å². The third-order valence-corrected chi connectivity index (χ3v) is 6.23. The molecule has 1 amide bonds. The zero-order chi connectivity index (χ0) is 24.7. The number of halogens is 3. The summed E-state index contributed by atoms with van der Waals surface area (Å²) in [6, 6.07) is 0. The number of hydrogen-bond donors (Lipinski definition) is 1. The molecular formula is C22H32F3NO7. The zero-order valence-corrected chi connectivity index (χ0v) is 18.8. The van der Waals surface area contributed by atoms with Gasteiger partial charge in [-0.15, -0.1) is 0 Å². The summed E-state index contributed by atoms with van der Waals surface area (Å²) in [4.78, 5) is 37.0. The van der Waals surface area contributed by atoms with Crippen LogP contribution in [0.4, 0.5) is 18.0 Å². The minimum Gasteiger partial charge on any atom is -0.479 e. The number of amides is 1. The van der Waals surface area contributed by atoms with Crippen molar-refractivity contribution in [1.82, 2.24) is 4.90 Å². The van der Waals surface area contributed by atoms with E-state index in [4.69, 9.17) is 14.6 Å². The fourth-order valence-electron chi connectivity index (χ4n) is 3.90. The maximum Gasteiger partial charge on any atom is 0.428 e. The summed E-state index contributed by atoms with van der Waals surface area (Å²) in [5.74, 6) is -2.76. The number of nitrogens with zero attached hydrogens (tertiary/aromatic N) is 1. The third kappa shape index (κ3) is 7.09. The predicted molar refractivity (Wildman–Crippen MR) is 110 cm³/mol. The van der Waals surface area contributed by atoms with Crippen LogP contribution in [0.25, 0.3) is 0 Å². The molecule has 1 atom stereocenters. The van der Waals surface area contributed by atoms with Crippen LogP contribution < -0.4 is 0 Å². The van der Waals surface area contributed by atoms with Gasteiger partial charge in [0.05, 0.1) is 0 Å². The molecule has 1 heterocycles. The molecule has 33 heavy (non-hydrogen) atoms. The molecule has 188 valence electrons. The molecule has 0 aromatic rings. The number of piperidine rings is 1. The molecule has 1 saturated carbocycles. The van der Waals surface area contributed by atoms with Crippen molar-refractivity contribution in [2.24, 2.45) is 0 Å². The number of likely N-dealkylation sites (tertiary alicyclic amines) is 1. The largest absolute Gasteiger partial charge is 0.479 e. The van der Waals surface area contributed by atoms with E-state index in [0.29, 0.717) is 32.9 Å². The lowest BCUT2D eigenvalue weighted by atomic mass is 9.85. The second-order valence-corrected chi connectivity index (χ2v) is 8.66. The highest BCUT2D eigenvalue weighted by Gasteiger charge is 2.58. The normalized spacial score (nSPS) is 21.0. The van der Waals surface area contributed by atoms with Crippen LogP contribution in [0, 0.1) is 0 Å². The van der Waals surface area contributed by atoms with Crippen molar-refractivity contribution < 1.29 is 46.9 Å². The molecule has 0 bridgehead atoms. The number of carboxylic acids is 1. The highest BCUT2D eigenvalue weighted by molar-refractivity contribution is 5.78. The minimum atomic E-state index is -5.09. The van der Waals surface area contributed by atoms with Crippen molar-refractivity contribution in [3.8, 4) is 0 Å². The molecule has 1 aliphatic heterocycles. The lowest BCUT2D eigenvalue weighted by Crippen LogP contribution is -2.51. The van der Waals surface area contributed by atoms with Crippen LogP contribution in [0.5, 0.6) is 0 Å². The average molecular weight is 479 g/mol. The number of carboxylic acid groups (broad SMARTS) is 1. The topological polar surface area (TPSA) is 102 Å². The quantitative estimate of drug-likeness (QED) is 0.300. The first-order valence-corrected chi connectivity index (χ1v) is 11.2. The molecule has 2 aliphatic rings. The van der Waals surface area contributed by atoms with Crippen LogP contribution in [0.2, 0.25) is 0 Å². The number of carbonyl (C=O) groups is 3. The maximum absolute atomic E-state index is 12.9. The van der Waals surface area contributed by atoms with Crippen LogP contribution >= 0.6 is 0 Å². The maximum atomic E-state index is 12.9. The summed E-state index contributed by atoms with van der Waals surface area (Å²) in [7, 11) is 0. The standard InChI is InChI=1S/C22H32F3NO7/c1-3-21(11-5-4-6-12-21)33-19(30)26-13-9-16(10-14-26)32-17(27)8-7-15-31-20(2,18(28)29)22(23,24)25/h3,16H,1,4-15H2,2H3,(H,28,29). The van der Waals surface area contributed by atoms with Crippen molar-refractivity contribution in [2.75, 3.05) is 19.7 Å². The lowest BCUT2D eigenvalue weighted by Gasteiger charge is -2.37. The molecule has 1 saturated heterocycles. The van der Waals surface area contributed by atoms with E-state index in [-0.39, 0.29) is 12.8 Å². The summed E-state index contributed by atoms with van der Waals surface area (Å²) in [6.45, 7) is 4.40. The molecule has 0 radical (unpaired) electrons. The second-order valence-electron chi connectivity index (χ2n) is 8.66. The van der Waals surface area contributed by atoms with Crippen molar-refractivity contribution >= 4 is 18.0 Å². The van der Waals surface area contributed by atoms with Crippen LogP contribution in [0.15, 0.2) is 12.7 Å². The summed E-state index contributed by atoms with van der Waals surface area (Å²) in [5, 5.41) is 8.80. The number of ether oxygens (including phenoxy) is 3. The zero-order valence-electron chi connectivity index (χ0n) is 18.8. The Morgan fingerprint density at radius 3 is 2.27 bits per heavy atom. The Labute approximate surface area is 191 Å². The van der Waals surface area contributed by atoms with E-state index in [9.17, 15) is 27.6 Å². The van der Waals surface area contributed by atoms with E-state index in [1.807, 2.05) is 0 Å². The van der Waals surface area contributed by atoms with Gasteiger partial charge in [-0.25, -0.2) is 9.59 Å². The van der Waals surface area contributed by atoms with E-state index in [1.54, 1.807) is 11.0 Å². The summed E-state index contributed by atoms with van der Waals surface area (Å²) < 4.78 is 54.2. The number of hydrogen-bond acceptors (Lipinski definition) is 6. The van der Waals surface area contributed by atoms with Crippen LogP contribution in [-0.2, 0) is 23.8 Å². The van der Waals surface area contributed by atoms with Crippen molar-refractivity contribution in [2.45, 2.75) is 88.2 Å². The Hall–Kier alpha value is -2.30. The van der Waals surface area contributed by atoms with Gasteiger partial charge in [0.15, 0.2) is 0 Å². The van der Waals surface area contributed by atoms with Gasteiger partial charge in [-0.05, 0) is 45.1 Å². The first kappa shape index (κ1) is 26.9. The van der Waals surface area contributed by atoms with Gasteiger partial charge >= 0.3 is 24.2 Å². The third-order valence-electron chi connectivity index (χ3n) is 6.23. The number of carbonyl (C=O) groups excluding carboxylic acids is 2. The van der Waals surface area contributed by atoms with E-state index in [1.165, 1.54) is 0 Å². The summed E-state index contributed by atoms with van der Waals surface area (Å²) in [6.07, 6.45) is 0.891. The molecule has 11 heteroatoms. The summed E-state index contributed by atoms with van der Waals surface area (Å²) >= 11 is 0. The van der Waals surface area contributed by atoms with Gasteiger partial charge in [-0.1, -0.05) is 13.0 Å². The van der Waals surface area contributed by atoms with Crippen molar-refractivity contribution in [3.05, 3.63) is 12.7 Å². The van der Waals surface area contributed by atoms with Gasteiger partial charge in [-0.3, -0.25) is 4.79 Å². The Kier molecular flexibility index (Phi) is 9.16. The highest BCUT2D eigenvalue weighted by atomic mass is 19.4. The molecular weight excluding hydrogens is 447 g/mol. The molecule has 0 spiro atoms. The fourth-order valence-corrected chi connectivity index (χ4v) is 3.90. The van der Waals surface area contributed by atoms with E-state index >= 15 is 0 Å². The average Bonchev–Trinajstić information content (AvgIpc) is 2.76. The molecule has 2 rings (SSSR count).